The van der Waals surface area contributed by atoms with Crippen LogP contribution in [0.25, 0.3) is 0 Å². The highest BCUT2D eigenvalue weighted by Crippen LogP contribution is 2.26. The number of rotatable bonds is 4. The first-order valence-electron chi connectivity index (χ1n) is 6.40. The molecule has 1 saturated heterocycles. The van der Waals surface area contributed by atoms with Crippen LogP contribution in [0.2, 0.25) is 0 Å². The maximum absolute atomic E-state index is 12.0. The van der Waals surface area contributed by atoms with E-state index in [9.17, 15) is 9.59 Å². The molecule has 6 nitrogen and oxygen atoms in total. The zero-order valence-electron chi connectivity index (χ0n) is 11.6. The van der Waals surface area contributed by atoms with Gasteiger partial charge in [-0.15, -0.1) is 0 Å². The molecule has 108 valence electrons. The van der Waals surface area contributed by atoms with Gasteiger partial charge in [0.25, 0.3) is 0 Å². The summed E-state index contributed by atoms with van der Waals surface area (Å²) in [6.45, 7) is 1.03. The molecule has 1 aliphatic rings. The zero-order chi connectivity index (χ0) is 14.5. The van der Waals surface area contributed by atoms with Gasteiger partial charge in [0.15, 0.2) is 0 Å². The van der Waals surface area contributed by atoms with Crippen molar-refractivity contribution in [3.05, 3.63) is 24.3 Å². The number of ether oxygens (including phenoxy) is 2. The average molecular weight is 278 g/mol. The molecule has 1 atom stereocenters. The molecule has 0 spiro atoms. The highest BCUT2D eigenvalue weighted by Gasteiger charge is 2.30. The highest BCUT2D eigenvalue weighted by atomic mass is 16.5. The van der Waals surface area contributed by atoms with Crippen molar-refractivity contribution in [2.75, 3.05) is 32.2 Å². The molecule has 1 aromatic carbocycles. The molecule has 0 bridgehead atoms. The molecule has 6 heteroatoms. The molecular formula is C14H18N2O4. The van der Waals surface area contributed by atoms with Gasteiger partial charge in [0.05, 0.1) is 14.2 Å². The lowest BCUT2D eigenvalue weighted by Crippen LogP contribution is -2.31. The lowest BCUT2D eigenvalue weighted by molar-refractivity contribution is -0.117. The molecule has 1 aromatic rings. The first-order valence-corrected chi connectivity index (χ1v) is 6.40. The average Bonchev–Trinajstić information content (AvgIpc) is 2.86. The number of carbonyl (C=O) groups excluding carboxylic acids is 2. The molecule has 1 heterocycles. The molecule has 0 aliphatic carbocycles. The molecule has 2 rings (SSSR count). The molecule has 0 radical (unpaired) electrons. The maximum Gasteiger partial charge on any atom is 0.406 e. The van der Waals surface area contributed by atoms with Crippen LogP contribution in [0.3, 0.4) is 0 Å². The zero-order valence-corrected chi connectivity index (χ0v) is 11.6. The number of anilines is 1. The smallest absolute Gasteiger partial charge is 0.406 e. The fourth-order valence-electron chi connectivity index (χ4n) is 2.23. The number of hydrogen-bond donors (Lipinski definition) is 1. The van der Waals surface area contributed by atoms with E-state index in [0.29, 0.717) is 19.5 Å². The van der Waals surface area contributed by atoms with Crippen LogP contribution < -0.4 is 15.0 Å². The summed E-state index contributed by atoms with van der Waals surface area (Å²) in [5.41, 5.74) is 0.844. The van der Waals surface area contributed by atoms with Crippen molar-refractivity contribution in [1.82, 2.24) is 5.32 Å². The second-order valence-corrected chi connectivity index (χ2v) is 4.65. The molecular weight excluding hydrogens is 260 g/mol. The second-order valence-electron chi connectivity index (χ2n) is 4.65. The standard InChI is InChI=1S/C14H18N2O4/c1-19-12-5-3-11(4-6-12)16-9-10(7-13(16)17)8-15-14(18)20-2/h3-6,10H,7-9H2,1-2H3,(H,15,18)/t10-/m1/s1. The summed E-state index contributed by atoms with van der Waals surface area (Å²) in [7, 11) is 2.92. The van der Waals surface area contributed by atoms with Gasteiger partial charge in [-0.25, -0.2) is 4.79 Å². The van der Waals surface area contributed by atoms with Crippen molar-refractivity contribution >= 4 is 17.7 Å². The van der Waals surface area contributed by atoms with Crippen molar-refractivity contribution in [3.8, 4) is 5.75 Å². The third-order valence-electron chi connectivity index (χ3n) is 3.31. The Bertz CT molecular complexity index is 486. The molecule has 1 fully saturated rings. The van der Waals surface area contributed by atoms with Crippen LogP contribution in [0, 0.1) is 5.92 Å². The van der Waals surface area contributed by atoms with Crippen LogP contribution >= 0.6 is 0 Å². The number of benzene rings is 1. The number of nitrogens with zero attached hydrogens (tertiary/aromatic N) is 1. The summed E-state index contributed by atoms with van der Waals surface area (Å²) in [4.78, 5) is 24.8. The van der Waals surface area contributed by atoms with E-state index >= 15 is 0 Å². The predicted octanol–water partition coefficient (Wildman–Crippen LogP) is 1.40. The van der Waals surface area contributed by atoms with E-state index in [1.165, 1.54) is 7.11 Å². The summed E-state index contributed by atoms with van der Waals surface area (Å²) >= 11 is 0. The maximum atomic E-state index is 12.0. The summed E-state index contributed by atoms with van der Waals surface area (Å²) in [5.74, 6) is 0.917. The first kappa shape index (κ1) is 14.2. The fraction of sp³-hybridized carbons (Fsp3) is 0.429. The monoisotopic (exact) mass is 278 g/mol. The summed E-state index contributed by atoms with van der Waals surface area (Å²) < 4.78 is 9.60. The molecule has 20 heavy (non-hydrogen) atoms. The number of methoxy groups -OCH3 is 2. The Hall–Kier alpha value is -2.24. The Morgan fingerprint density at radius 3 is 2.65 bits per heavy atom. The Balaban J connectivity index is 1.96. The molecule has 2 amide bonds. The molecule has 1 N–H and O–H groups in total. The summed E-state index contributed by atoms with van der Waals surface area (Å²) in [6, 6.07) is 7.35. The van der Waals surface area contributed by atoms with Crippen molar-refractivity contribution in [2.24, 2.45) is 5.92 Å². The van der Waals surface area contributed by atoms with Crippen LogP contribution in [0.15, 0.2) is 24.3 Å². The molecule has 1 aliphatic heterocycles. The third kappa shape index (κ3) is 3.20. The van der Waals surface area contributed by atoms with E-state index in [1.54, 1.807) is 12.0 Å². The van der Waals surface area contributed by atoms with Gasteiger partial charge in [0, 0.05) is 31.1 Å². The third-order valence-corrected chi connectivity index (χ3v) is 3.31. The fourth-order valence-corrected chi connectivity index (χ4v) is 2.23. The van der Waals surface area contributed by atoms with Crippen molar-refractivity contribution < 1.29 is 19.1 Å². The van der Waals surface area contributed by atoms with Gasteiger partial charge in [-0.3, -0.25) is 4.79 Å². The van der Waals surface area contributed by atoms with Gasteiger partial charge < -0.3 is 19.7 Å². The van der Waals surface area contributed by atoms with E-state index < -0.39 is 6.09 Å². The molecule has 0 unspecified atom stereocenters. The highest BCUT2D eigenvalue weighted by molar-refractivity contribution is 5.95. The van der Waals surface area contributed by atoms with Crippen LogP contribution in [0.5, 0.6) is 5.75 Å². The predicted molar refractivity (Wildman–Crippen MR) is 73.9 cm³/mol. The SMILES string of the molecule is COC(=O)NC[C@H]1CC(=O)N(c2ccc(OC)cc2)C1. The summed E-state index contributed by atoms with van der Waals surface area (Å²) in [5, 5.41) is 2.63. The van der Waals surface area contributed by atoms with Crippen LogP contribution in [-0.4, -0.2) is 39.3 Å². The minimum atomic E-state index is -0.472. The Morgan fingerprint density at radius 2 is 2.05 bits per heavy atom. The lowest BCUT2D eigenvalue weighted by Gasteiger charge is -2.17. The minimum Gasteiger partial charge on any atom is -0.497 e. The van der Waals surface area contributed by atoms with Gasteiger partial charge in [-0.2, -0.15) is 0 Å². The van der Waals surface area contributed by atoms with Crippen molar-refractivity contribution in [2.45, 2.75) is 6.42 Å². The topological polar surface area (TPSA) is 67.9 Å². The number of hydrogen-bond acceptors (Lipinski definition) is 4. The van der Waals surface area contributed by atoms with Crippen LogP contribution in [0.1, 0.15) is 6.42 Å². The van der Waals surface area contributed by atoms with E-state index in [4.69, 9.17) is 4.74 Å². The van der Waals surface area contributed by atoms with E-state index in [0.717, 1.165) is 11.4 Å². The van der Waals surface area contributed by atoms with Crippen LogP contribution in [-0.2, 0) is 9.53 Å². The first-order chi connectivity index (χ1) is 9.63. The van der Waals surface area contributed by atoms with E-state index in [2.05, 4.69) is 10.1 Å². The Kier molecular flexibility index (Phi) is 4.45. The largest absolute Gasteiger partial charge is 0.497 e. The number of alkyl carbamates (subject to hydrolysis) is 1. The van der Waals surface area contributed by atoms with Gasteiger partial charge in [-0.05, 0) is 24.3 Å². The van der Waals surface area contributed by atoms with Crippen molar-refractivity contribution in [1.29, 1.82) is 0 Å². The van der Waals surface area contributed by atoms with Gasteiger partial charge in [-0.1, -0.05) is 0 Å². The lowest BCUT2D eigenvalue weighted by atomic mass is 10.1. The van der Waals surface area contributed by atoms with Crippen molar-refractivity contribution in [3.63, 3.8) is 0 Å². The van der Waals surface area contributed by atoms with Gasteiger partial charge >= 0.3 is 6.09 Å². The molecule has 0 aromatic heterocycles. The number of carbonyl (C=O) groups is 2. The normalized spacial score (nSPS) is 18.0. The Morgan fingerprint density at radius 1 is 1.35 bits per heavy atom. The van der Waals surface area contributed by atoms with E-state index in [1.807, 2.05) is 24.3 Å². The van der Waals surface area contributed by atoms with Gasteiger partial charge in [0.1, 0.15) is 5.75 Å². The van der Waals surface area contributed by atoms with E-state index in [-0.39, 0.29) is 11.8 Å². The molecule has 0 saturated carbocycles. The van der Waals surface area contributed by atoms with Crippen LogP contribution in [0.4, 0.5) is 10.5 Å². The number of amides is 2. The number of nitrogens with one attached hydrogen (secondary N) is 1. The van der Waals surface area contributed by atoms with Gasteiger partial charge in [0.2, 0.25) is 5.91 Å². The quantitative estimate of drug-likeness (QED) is 0.904. The second kappa shape index (κ2) is 6.27. The minimum absolute atomic E-state index is 0.0619. The summed E-state index contributed by atoms with van der Waals surface area (Å²) in [6.07, 6.45) is -0.0453. The Labute approximate surface area is 117 Å².